The summed E-state index contributed by atoms with van der Waals surface area (Å²) in [6.07, 6.45) is 1.92. The number of thioether (sulfide) groups is 1. The summed E-state index contributed by atoms with van der Waals surface area (Å²) in [5.74, 6) is -2.50. The van der Waals surface area contributed by atoms with Crippen LogP contribution in [0.5, 0.6) is 11.5 Å². The Morgan fingerprint density at radius 2 is 1.76 bits per heavy atom. The number of benzene rings is 2. The molecule has 0 aromatic heterocycles. The van der Waals surface area contributed by atoms with E-state index in [1.807, 2.05) is 6.26 Å². The SMILES string of the molecule is CSc1ccc(Oc2c(F)cc(/C(N)=N/O)cc2F)cc1. The maximum Gasteiger partial charge on any atom is 0.198 e. The summed E-state index contributed by atoms with van der Waals surface area (Å²) < 4.78 is 33.0. The number of nitrogens with zero attached hydrogens (tertiary/aromatic N) is 1. The van der Waals surface area contributed by atoms with Gasteiger partial charge in [0.2, 0.25) is 0 Å². The molecule has 7 heteroatoms. The van der Waals surface area contributed by atoms with Gasteiger partial charge in [-0.3, -0.25) is 0 Å². The summed E-state index contributed by atoms with van der Waals surface area (Å²) in [4.78, 5) is 1.01. The van der Waals surface area contributed by atoms with Crippen LogP contribution in [0.15, 0.2) is 46.4 Å². The van der Waals surface area contributed by atoms with Gasteiger partial charge < -0.3 is 15.7 Å². The van der Waals surface area contributed by atoms with Gasteiger partial charge in [0, 0.05) is 10.5 Å². The lowest BCUT2D eigenvalue weighted by Crippen LogP contribution is -2.14. The van der Waals surface area contributed by atoms with Gasteiger partial charge in [0.25, 0.3) is 0 Å². The first-order valence-electron chi connectivity index (χ1n) is 5.84. The quantitative estimate of drug-likeness (QED) is 0.298. The maximum absolute atomic E-state index is 13.9. The Morgan fingerprint density at radius 3 is 2.24 bits per heavy atom. The molecule has 0 radical (unpaired) electrons. The van der Waals surface area contributed by atoms with Gasteiger partial charge in [-0.05, 0) is 42.7 Å². The first-order valence-corrected chi connectivity index (χ1v) is 7.06. The molecule has 0 unspecified atom stereocenters. The summed E-state index contributed by atoms with van der Waals surface area (Å²) in [6.45, 7) is 0. The Hall–Kier alpha value is -2.28. The highest BCUT2D eigenvalue weighted by molar-refractivity contribution is 7.98. The second-order valence-electron chi connectivity index (χ2n) is 4.03. The average Bonchev–Trinajstić information content (AvgIpc) is 2.50. The molecule has 0 fully saturated rings. The highest BCUT2D eigenvalue weighted by atomic mass is 32.2. The summed E-state index contributed by atoms with van der Waals surface area (Å²) in [6, 6.07) is 8.65. The first kappa shape index (κ1) is 15.1. The zero-order valence-corrected chi connectivity index (χ0v) is 11.8. The Kier molecular flexibility index (Phi) is 4.64. The molecule has 0 atom stereocenters. The molecule has 0 saturated carbocycles. The second kappa shape index (κ2) is 6.45. The molecule has 110 valence electrons. The lowest BCUT2D eigenvalue weighted by Gasteiger charge is -2.09. The minimum absolute atomic E-state index is 0.0717. The summed E-state index contributed by atoms with van der Waals surface area (Å²) >= 11 is 1.54. The molecule has 2 rings (SSSR count). The van der Waals surface area contributed by atoms with Crippen LogP contribution in [0.4, 0.5) is 8.78 Å². The van der Waals surface area contributed by atoms with Crippen molar-refractivity contribution in [2.75, 3.05) is 6.26 Å². The minimum Gasteiger partial charge on any atom is -0.451 e. The van der Waals surface area contributed by atoms with Crippen LogP contribution in [0.1, 0.15) is 5.56 Å². The number of halogens is 2. The number of hydrogen-bond donors (Lipinski definition) is 2. The Bertz CT molecular complexity index is 652. The number of hydrogen-bond acceptors (Lipinski definition) is 4. The van der Waals surface area contributed by atoms with Crippen molar-refractivity contribution in [1.82, 2.24) is 0 Å². The maximum atomic E-state index is 13.9. The summed E-state index contributed by atoms with van der Waals surface area (Å²) in [5, 5.41) is 11.2. The van der Waals surface area contributed by atoms with Gasteiger partial charge in [-0.1, -0.05) is 5.16 Å². The van der Waals surface area contributed by atoms with Crippen molar-refractivity contribution < 1.29 is 18.7 Å². The standard InChI is InChI=1S/C14H12F2N2O2S/c1-21-10-4-2-9(3-5-10)20-13-11(15)6-8(7-12(13)16)14(17)18-19/h2-7,19H,1H3,(H2,17,18). The fourth-order valence-electron chi connectivity index (χ4n) is 1.62. The van der Waals surface area contributed by atoms with E-state index in [1.165, 1.54) is 0 Å². The van der Waals surface area contributed by atoms with Crippen molar-refractivity contribution in [2.45, 2.75) is 4.90 Å². The van der Waals surface area contributed by atoms with E-state index in [4.69, 9.17) is 15.7 Å². The Labute approximate surface area is 124 Å². The molecule has 0 aliphatic rings. The fourth-order valence-corrected chi connectivity index (χ4v) is 2.03. The summed E-state index contributed by atoms with van der Waals surface area (Å²) in [7, 11) is 0. The zero-order valence-electron chi connectivity index (χ0n) is 11.0. The molecular formula is C14H12F2N2O2S. The molecular weight excluding hydrogens is 298 g/mol. The molecule has 0 heterocycles. The van der Waals surface area contributed by atoms with E-state index < -0.39 is 17.4 Å². The Balaban J connectivity index is 2.31. The van der Waals surface area contributed by atoms with Gasteiger partial charge in [-0.25, -0.2) is 8.78 Å². The van der Waals surface area contributed by atoms with Crippen LogP contribution in [0.2, 0.25) is 0 Å². The fraction of sp³-hybridized carbons (Fsp3) is 0.0714. The number of ether oxygens (including phenoxy) is 1. The van der Waals surface area contributed by atoms with E-state index >= 15 is 0 Å². The number of oxime groups is 1. The molecule has 0 spiro atoms. The van der Waals surface area contributed by atoms with Crippen molar-refractivity contribution in [3.63, 3.8) is 0 Å². The van der Waals surface area contributed by atoms with Gasteiger partial charge in [0.1, 0.15) is 5.75 Å². The van der Waals surface area contributed by atoms with Crippen molar-refractivity contribution in [3.8, 4) is 11.5 Å². The van der Waals surface area contributed by atoms with E-state index in [0.29, 0.717) is 5.75 Å². The average molecular weight is 310 g/mol. The monoisotopic (exact) mass is 310 g/mol. The van der Waals surface area contributed by atoms with E-state index in [-0.39, 0.29) is 11.4 Å². The largest absolute Gasteiger partial charge is 0.451 e. The first-order chi connectivity index (χ1) is 10.0. The van der Waals surface area contributed by atoms with Crippen LogP contribution in [-0.2, 0) is 0 Å². The van der Waals surface area contributed by atoms with E-state index in [9.17, 15) is 8.78 Å². The number of amidine groups is 1. The molecule has 2 aromatic rings. The van der Waals surface area contributed by atoms with Gasteiger partial charge >= 0.3 is 0 Å². The summed E-state index contributed by atoms with van der Waals surface area (Å²) in [5.41, 5.74) is 5.22. The number of nitrogens with two attached hydrogens (primary N) is 1. The van der Waals surface area contributed by atoms with Crippen molar-refractivity contribution in [3.05, 3.63) is 53.6 Å². The molecule has 0 amide bonds. The molecule has 21 heavy (non-hydrogen) atoms. The molecule has 3 N–H and O–H groups in total. The van der Waals surface area contributed by atoms with E-state index in [1.54, 1.807) is 36.0 Å². The van der Waals surface area contributed by atoms with E-state index in [2.05, 4.69) is 5.16 Å². The van der Waals surface area contributed by atoms with Gasteiger partial charge in [0.05, 0.1) is 0 Å². The third kappa shape index (κ3) is 3.43. The topological polar surface area (TPSA) is 67.8 Å². The van der Waals surface area contributed by atoms with Gasteiger partial charge in [-0.2, -0.15) is 0 Å². The molecule has 0 bridgehead atoms. The normalized spacial score (nSPS) is 11.5. The second-order valence-corrected chi connectivity index (χ2v) is 4.91. The van der Waals surface area contributed by atoms with Crippen LogP contribution in [0.3, 0.4) is 0 Å². The molecule has 4 nitrogen and oxygen atoms in total. The minimum atomic E-state index is -0.939. The smallest absolute Gasteiger partial charge is 0.198 e. The molecule has 0 aliphatic carbocycles. The zero-order chi connectivity index (χ0) is 15.4. The van der Waals surface area contributed by atoms with Gasteiger partial charge in [0.15, 0.2) is 23.2 Å². The van der Waals surface area contributed by atoms with Crippen molar-refractivity contribution in [1.29, 1.82) is 0 Å². The highest BCUT2D eigenvalue weighted by Crippen LogP contribution is 2.29. The third-order valence-electron chi connectivity index (χ3n) is 2.68. The van der Waals surface area contributed by atoms with Crippen LogP contribution >= 0.6 is 11.8 Å². The Morgan fingerprint density at radius 1 is 1.19 bits per heavy atom. The van der Waals surface area contributed by atoms with Crippen LogP contribution < -0.4 is 10.5 Å². The predicted molar refractivity (Wildman–Crippen MR) is 77.2 cm³/mol. The van der Waals surface area contributed by atoms with Crippen LogP contribution in [0, 0.1) is 11.6 Å². The van der Waals surface area contributed by atoms with Crippen LogP contribution in [-0.4, -0.2) is 17.3 Å². The van der Waals surface area contributed by atoms with Crippen molar-refractivity contribution >= 4 is 17.6 Å². The van der Waals surface area contributed by atoms with E-state index in [0.717, 1.165) is 17.0 Å². The lowest BCUT2D eigenvalue weighted by atomic mass is 10.2. The number of rotatable bonds is 4. The highest BCUT2D eigenvalue weighted by Gasteiger charge is 2.15. The predicted octanol–water partition coefficient (Wildman–Crippen LogP) is 3.57. The van der Waals surface area contributed by atoms with Crippen molar-refractivity contribution in [2.24, 2.45) is 10.9 Å². The molecule has 0 aliphatic heterocycles. The van der Waals surface area contributed by atoms with Gasteiger partial charge in [-0.15, -0.1) is 11.8 Å². The van der Waals surface area contributed by atoms with Crippen LogP contribution in [0.25, 0.3) is 0 Å². The third-order valence-corrected chi connectivity index (χ3v) is 3.42. The molecule has 0 saturated heterocycles. The lowest BCUT2D eigenvalue weighted by molar-refractivity contribution is 0.318. The molecule has 2 aromatic carbocycles.